The van der Waals surface area contributed by atoms with Gasteiger partial charge in [-0.1, -0.05) is 47.1 Å². The molecule has 1 atom stereocenters. The van der Waals surface area contributed by atoms with E-state index in [1.807, 2.05) is 30.3 Å². The lowest BCUT2D eigenvalue weighted by Gasteiger charge is -2.27. The van der Waals surface area contributed by atoms with Gasteiger partial charge in [0.15, 0.2) is 5.82 Å². The van der Waals surface area contributed by atoms with Crippen LogP contribution in [0.3, 0.4) is 0 Å². The fourth-order valence-corrected chi connectivity index (χ4v) is 3.38. The van der Waals surface area contributed by atoms with E-state index in [1.165, 1.54) is 7.11 Å². The summed E-state index contributed by atoms with van der Waals surface area (Å²) in [5, 5.41) is 9.65. The number of benzene rings is 2. The van der Waals surface area contributed by atoms with Crippen molar-refractivity contribution in [2.45, 2.75) is 13.0 Å². The molecule has 0 radical (unpaired) electrons. The standard InChI is InChI=1S/C22H23ClN4O4/c1-14-11-19(26-31-14)25-20(28)13-27(2)21(15-7-5-4-6-8-15)22(29)24-16-9-10-18(30-3)17(23)12-16/h4-12,21H,13H2,1-3H3,(H,24,29)(H,25,26,28). The molecule has 0 saturated heterocycles. The van der Waals surface area contributed by atoms with E-state index < -0.39 is 6.04 Å². The molecule has 0 bridgehead atoms. The lowest BCUT2D eigenvalue weighted by molar-refractivity contribution is -0.123. The van der Waals surface area contributed by atoms with E-state index in [-0.39, 0.29) is 18.4 Å². The number of likely N-dealkylation sites (N-methyl/N-ethyl adjacent to an activating group) is 1. The van der Waals surface area contributed by atoms with Crippen molar-refractivity contribution in [1.29, 1.82) is 0 Å². The van der Waals surface area contributed by atoms with Crippen molar-refractivity contribution < 1.29 is 18.8 Å². The Kier molecular flexibility index (Phi) is 7.28. The summed E-state index contributed by atoms with van der Waals surface area (Å²) in [6, 6.07) is 15.1. The number of carbonyl (C=O) groups is 2. The van der Waals surface area contributed by atoms with Crippen molar-refractivity contribution in [3.05, 3.63) is 70.9 Å². The van der Waals surface area contributed by atoms with E-state index in [0.29, 0.717) is 28.0 Å². The van der Waals surface area contributed by atoms with Crippen molar-refractivity contribution in [2.24, 2.45) is 0 Å². The van der Waals surface area contributed by atoms with Crippen LogP contribution in [0.1, 0.15) is 17.4 Å². The average molecular weight is 443 g/mol. The fourth-order valence-electron chi connectivity index (χ4n) is 3.12. The predicted molar refractivity (Wildman–Crippen MR) is 118 cm³/mol. The molecule has 0 aliphatic heterocycles. The van der Waals surface area contributed by atoms with Crippen LogP contribution in [-0.2, 0) is 9.59 Å². The van der Waals surface area contributed by atoms with Crippen LogP contribution in [0.5, 0.6) is 5.75 Å². The van der Waals surface area contributed by atoms with Gasteiger partial charge in [-0.25, -0.2) is 0 Å². The number of anilines is 2. The first-order valence-corrected chi connectivity index (χ1v) is 9.88. The Bertz CT molecular complexity index is 1050. The summed E-state index contributed by atoms with van der Waals surface area (Å²) in [6.07, 6.45) is 0. The first kappa shape index (κ1) is 22.3. The molecule has 8 nitrogen and oxygen atoms in total. The highest BCUT2D eigenvalue weighted by atomic mass is 35.5. The van der Waals surface area contributed by atoms with Gasteiger partial charge in [0.2, 0.25) is 11.8 Å². The maximum Gasteiger partial charge on any atom is 0.246 e. The summed E-state index contributed by atoms with van der Waals surface area (Å²) in [5.41, 5.74) is 1.26. The van der Waals surface area contributed by atoms with Crippen LogP contribution >= 0.6 is 11.6 Å². The SMILES string of the molecule is COc1ccc(NC(=O)C(c2ccccc2)N(C)CC(=O)Nc2cc(C)on2)cc1Cl. The number of carbonyl (C=O) groups excluding carboxylic acids is 2. The number of nitrogens with one attached hydrogen (secondary N) is 2. The van der Waals surface area contributed by atoms with Gasteiger partial charge in [0.25, 0.3) is 0 Å². The van der Waals surface area contributed by atoms with Gasteiger partial charge in [0.05, 0.1) is 18.7 Å². The largest absolute Gasteiger partial charge is 0.495 e. The van der Waals surface area contributed by atoms with Crippen LogP contribution in [0.15, 0.2) is 59.1 Å². The second-order valence-electron chi connectivity index (χ2n) is 6.94. The molecule has 2 amide bonds. The summed E-state index contributed by atoms with van der Waals surface area (Å²) < 4.78 is 10.1. The molecule has 0 fully saturated rings. The van der Waals surface area contributed by atoms with E-state index in [2.05, 4.69) is 15.8 Å². The Morgan fingerprint density at radius 1 is 1.16 bits per heavy atom. The number of methoxy groups -OCH3 is 1. The van der Waals surface area contributed by atoms with E-state index in [9.17, 15) is 9.59 Å². The fraction of sp³-hybridized carbons (Fsp3) is 0.227. The number of aromatic nitrogens is 1. The lowest BCUT2D eigenvalue weighted by Crippen LogP contribution is -2.39. The highest BCUT2D eigenvalue weighted by Crippen LogP contribution is 2.28. The highest BCUT2D eigenvalue weighted by Gasteiger charge is 2.27. The van der Waals surface area contributed by atoms with Gasteiger partial charge in [0, 0.05) is 11.8 Å². The first-order chi connectivity index (χ1) is 14.9. The molecule has 0 aliphatic carbocycles. The normalized spacial score (nSPS) is 11.8. The second-order valence-corrected chi connectivity index (χ2v) is 7.35. The van der Waals surface area contributed by atoms with Crippen molar-refractivity contribution in [2.75, 3.05) is 31.3 Å². The Balaban J connectivity index is 1.76. The van der Waals surface area contributed by atoms with Crippen LogP contribution in [0.2, 0.25) is 5.02 Å². The number of nitrogens with zero attached hydrogens (tertiary/aromatic N) is 2. The zero-order valence-electron chi connectivity index (χ0n) is 17.4. The van der Waals surface area contributed by atoms with Gasteiger partial charge in [-0.05, 0) is 37.7 Å². The molecule has 9 heteroatoms. The molecule has 2 N–H and O–H groups in total. The molecule has 3 aromatic rings. The molecule has 0 saturated carbocycles. The third-order valence-electron chi connectivity index (χ3n) is 4.51. The van der Waals surface area contributed by atoms with Gasteiger partial charge in [-0.3, -0.25) is 14.5 Å². The van der Waals surface area contributed by atoms with E-state index in [4.69, 9.17) is 20.9 Å². The molecule has 31 heavy (non-hydrogen) atoms. The van der Waals surface area contributed by atoms with Gasteiger partial charge >= 0.3 is 0 Å². The van der Waals surface area contributed by atoms with E-state index >= 15 is 0 Å². The van der Waals surface area contributed by atoms with Gasteiger partial charge in [-0.2, -0.15) is 0 Å². The molecule has 1 unspecified atom stereocenters. The Morgan fingerprint density at radius 2 is 1.90 bits per heavy atom. The number of rotatable bonds is 8. The van der Waals surface area contributed by atoms with Crippen LogP contribution in [0, 0.1) is 6.92 Å². The van der Waals surface area contributed by atoms with E-state index in [1.54, 1.807) is 43.1 Å². The van der Waals surface area contributed by atoms with Crippen LogP contribution in [0.4, 0.5) is 11.5 Å². The molecule has 1 heterocycles. The second kappa shape index (κ2) is 10.1. The Hall–Kier alpha value is -3.36. The third kappa shape index (κ3) is 5.84. The molecule has 1 aromatic heterocycles. The number of aryl methyl sites for hydroxylation is 1. The maximum atomic E-state index is 13.2. The zero-order valence-corrected chi connectivity index (χ0v) is 18.1. The average Bonchev–Trinajstić information content (AvgIpc) is 3.13. The predicted octanol–water partition coefficient (Wildman–Crippen LogP) is 3.90. The van der Waals surface area contributed by atoms with Gasteiger partial charge in [-0.15, -0.1) is 0 Å². The minimum Gasteiger partial charge on any atom is -0.495 e. The summed E-state index contributed by atoms with van der Waals surface area (Å²) in [5.74, 6) is 0.793. The molecule has 162 valence electrons. The van der Waals surface area contributed by atoms with E-state index in [0.717, 1.165) is 5.56 Å². The van der Waals surface area contributed by atoms with Crippen molar-refractivity contribution >= 4 is 34.9 Å². The van der Waals surface area contributed by atoms with Gasteiger partial charge < -0.3 is 19.9 Å². The topological polar surface area (TPSA) is 96.7 Å². The number of ether oxygens (including phenoxy) is 1. The van der Waals surface area contributed by atoms with Crippen LogP contribution < -0.4 is 15.4 Å². The summed E-state index contributed by atoms with van der Waals surface area (Å²) in [6.45, 7) is 1.69. The molecular weight excluding hydrogens is 420 g/mol. The molecular formula is C22H23ClN4O4. The molecule has 2 aromatic carbocycles. The molecule has 0 aliphatic rings. The minimum absolute atomic E-state index is 0.0394. The highest BCUT2D eigenvalue weighted by molar-refractivity contribution is 6.32. The first-order valence-electron chi connectivity index (χ1n) is 9.50. The van der Waals surface area contributed by atoms with Crippen molar-refractivity contribution in [3.63, 3.8) is 0 Å². The summed E-state index contributed by atoms with van der Waals surface area (Å²) in [7, 11) is 3.22. The smallest absolute Gasteiger partial charge is 0.246 e. The number of hydrogen-bond donors (Lipinski definition) is 2. The van der Waals surface area contributed by atoms with Crippen molar-refractivity contribution in [1.82, 2.24) is 10.1 Å². The Morgan fingerprint density at radius 3 is 2.52 bits per heavy atom. The minimum atomic E-state index is -0.716. The lowest BCUT2D eigenvalue weighted by atomic mass is 10.0. The summed E-state index contributed by atoms with van der Waals surface area (Å²) >= 11 is 6.17. The van der Waals surface area contributed by atoms with Crippen molar-refractivity contribution in [3.8, 4) is 5.75 Å². The number of hydrogen-bond acceptors (Lipinski definition) is 6. The quantitative estimate of drug-likeness (QED) is 0.549. The van der Waals surface area contributed by atoms with Gasteiger partial charge in [0.1, 0.15) is 17.6 Å². The van der Waals surface area contributed by atoms with Crippen LogP contribution in [-0.4, -0.2) is 42.6 Å². The number of halogens is 1. The monoisotopic (exact) mass is 442 g/mol. The number of amides is 2. The maximum absolute atomic E-state index is 13.2. The molecule has 3 rings (SSSR count). The van der Waals surface area contributed by atoms with Crippen LogP contribution in [0.25, 0.3) is 0 Å². The zero-order chi connectivity index (χ0) is 22.4. The summed E-state index contributed by atoms with van der Waals surface area (Å²) in [4.78, 5) is 27.3. The molecule has 0 spiro atoms. The Labute approximate surface area is 185 Å². The third-order valence-corrected chi connectivity index (χ3v) is 4.81.